The molecule has 67 heavy (non-hydrogen) atoms. The van der Waals surface area contributed by atoms with Crippen LogP contribution >= 0.6 is 0 Å². The van der Waals surface area contributed by atoms with Gasteiger partial charge in [0.2, 0.25) is 0 Å². The van der Waals surface area contributed by atoms with E-state index in [9.17, 15) is 0 Å². The van der Waals surface area contributed by atoms with Crippen LogP contribution in [0.1, 0.15) is 25.0 Å². The zero-order valence-electron chi connectivity index (χ0n) is 37.1. The topological polar surface area (TPSA) is 51.6 Å². The molecular weight excluding hydrogens is 813 g/mol. The minimum atomic E-state index is -0.183. The normalized spacial score (nSPS) is 12.7. The van der Waals surface area contributed by atoms with Crippen LogP contribution in [-0.4, -0.2) is 19.9 Å². The Morgan fingerprint density at radius 1 is 0.299 bits per heavy atom. The fourth-order valence-corrected chi connectivity index (χ4v) is 10.6. The van der Waals surface area contributed by atoms with Crippen molar-refractivity contribution < 1.29 is 0 Å². The summed E-state index contributed by atoms with van der Waals surface area (Å²) in [7, 11) is 0. The Labute approximate surface area is 389 Å². The maximum atomic E-state index is 5.45. The van der Waals surface area contributed by atoms with E-state index >= 15 is 0 Å². The van der Waals surface area contributed by atoms with E-state index in [-0.39, 0.29) is 5.41 Å². The highest BCUT2D eigenvalue weighted by atomic mass is 15.0. The Kier molecular flexibility index (Phi) is 8.84. The van der Waals surface area contributed by atoms with Gasteiger partial charge < -0.3 is 0 Å². The molecule has 13 rings (SSSR count). The molecule has 1 aliphatic carbocycles. The maximum Gasteiger partial charge on any atom is 0.164 e. The molecule has 10 aromatic carbocycles. The van der Waals surface area contributed by atoms with Crippen molar-refractivity contribution in [3.05, 3.63) is 230 Å². The lowest BCUT2D eigenvalue weighted by atomic mass is 9.82. The van der Waals surface area contributed by atoms with Gasteiger partial charge in [-0.3, -0.25) is 4.98 Å². The van der Waals surface area contributed by atoms with E-state index in [0.29, 0.717) is 17.5 Å². The van der Waals surface area contributed by atoms with E-state index in [0.717, 1.165) is 50.1 Å². The Morgan fingerprint density at radius 3 is 1.39 bits per heavy atom. The van der Waals surface area contributed by atoms with E-state index in [1.807, 2.05) is 12.3 Å². The number of rotatable bonds is 6. The van der Waals surface area contributed by atoms with Crippen LogP contribution < -0.4 is 0 Å². The van der Waals surface area contributed by atoms with E-state index < -0.39 is 0 Å². The van der Waals surface area contributed by atoms with Gasteiger partial charge in [0.15, 0.2) is 17.5 Å². The zero-order chi connectivity index (χ0) is 44.6. The molecule has 0 atom stereocenters. The number of benzene rings is 10. The smallest absolute Gasteiger partial charge is 0.164 e. The molecule has 314 valence electrons. The molecule has 0 fully saturated rings. The summed E-state index contributed by atoms with van der Waals surface area (Å²) in [4.78, 5) is 20.5. The second-order valence-corrected chi connectivity index (χ2v) is 18.2. The minimum absolute atomic E-state index is 0.183. The summed E-state index contributed by atoms with van der Waals surface area (Å²) in [5.41, 5.74) is 14.4. The van der Waals surface area contributed by atoms with Crippen molar-refractivity contribution >= 4 is 43.1 Å². The molecule has 0 spiro atoms. The number of nitrogens with zero attached hydrogens (tertiary/aromatic N) is 4. The SMILES string of the molecule is CC1(C)c2ccccc2-c2ccc(-c3nc(-c4ccc(-c5cccnc5)cc4)nc(-c4cc(-c5cc6ccccc6c6ccccc56)cc(-c5cc6ccccc6c6ccccc56)c4)n3)cc21. The van der Waals surface area contributed by atoms with Gasteiger partial charge >= 0.3 is 0 Å². The largest absolute Gasteiger partial charge is 0.264 e. The summed E-state index contributed by atoms with van der Waals surface area (Å²) in [6, 6.07) is 74.5. The number of aromatic nitrogens is 4. The molecule has 4 heteroatoms. The lowest BCUT2D eigenvalue weighted by Crippen LogP contribution is -2.15. The highest BCUT2D eigenvalue weighted by molar-refractivity contribution is 6.16. The van der Waals surface area contributed by atoms with Crippen LogP contribution in [0, 0.1) is 0 Å². The van der Waals surface area contributed by atoms with Crippen molar-refractivity contribution in [2.24, 2.45) is 0 Å². The predicted molar refractivity (Wildman–Crippen MR) is 278 cm³/mol. The molecule has 0 radical (unpaired) electrons. The first-order valence-electron chi connectivity index (χ1n) is 22.9. The molecule has 2 aromatic heterocycles. The van der Waals surface area contributed by atoms with Gasteiger partial charge in [-0.1, -0.05) is 178 Å². The average Bonchev–Trinajstić information content (AvgIpc) is 3.63. The van der Waals surface area contributed by atoms with Crippen molar-refractivity contribution in [2.45, 2.75) is 19.3 Å². The lowest BCUT2D eigenvalue weighted by Gasteiger charge is -2.21. The number of hydrogen-bond acceptors (Lipinski definition) is 4. The molecule has 0 N–H and O–H groups in total. The fraction of sp³-hybridized carbons (Fsp3) is 0.0476. The monoisotopic (exact) mass is 854 g/mol. The molecule has 1 aliphatic rings. The quantitative estimate of drug-likeness (QED) is 0.156. The van der Waals surface area contributed by atoms with Gasteiger partial charge in [-0.25, -0.2) is 15.0 Å². The molecule has 0 saturated carbocycles. The number of pyridine rings is 1. The molecule has 0 aliphatic heterocycles. The van der Waals surface area contributed by atoms with Crippen molar-refractivity contribution in [2.75, 3.05) is 0 Å². The van der Waals surface area contributed by atoms with E-state index in [1.165, 1.54) is 65.3 Å². The molecular formula is C63H42N4. The van der Waals surface area contributed by atoms with Gasteiger partial charge in [0.25, 0.3) is 0 Å². The summed E-state index contributed by atoms with van der Waals surface area (Å²) >= 11 is 0. The summed E-state index contributed by atoms with van der Waals surface area (Å²) < 4.78 is 0. The predicted octanol–water partition coefficient (Wildman–Crippen LogP) is 16.2. The Morgan fingerprint density at radius 2 is 0.776 bits per heavy atom. The first kappa shape index (κ1) is 38.8. The number of fused-ring (bicyclic) bond motifs is 9. The third-order valence-corrected chi connectivity index (χ3v) is 14.0. The standard InChI is InChI=1S/C63H42N4/c1-63(2)58-24-12-11-23-54(58)55-30-29-43(37-59(55)63)61-65-60(40-27-25-39(26-28-40)44-16-13-31-64-38-44)66-62(67-61)47-33-45(56-35-41-14-3-5-17-48(41)50-19-7-9-21-52(50)56)32-46(34-47)57-36-42-15-4-6-18-49(42)51-20-8-10-22-53(51)57/h3-38H,1-2H3. The Hall–Kier alpha value is -8.60. The van der Waals surface area contributed by atoms with Crippen LogP contribution in [-0.2, 0) is 5.41 Å². The molecule has 4 nitrogen and oxygen atoms in total. The van der Waals surface area contributed by atoms with Gasteiger partial charge in [0.1, 0.15) is 0 Å². The first-order chi connectivity index (χ1) is 32.9. The van der Waals surface area contributed by atoms with Crippen LogP contribution in [0.5, 0.6) is 0 Å². The zero-order valence-corrected chi connectivity index (χ0v) is 37.1. The van der Waals surface area contributed by atoms with E-state index in [2.05, 4.69) is 219 Å². The van der Waals surface area contributed by atoms with Gasteiger partial charge in [-0.2, -0.15) is 0 Å². The number of hydrogen-bond donors (Lipinski definition) is 0. The summed E-state index contributed by atoms with van der Waals surface area (Å²) in [6.45, 7) is 4.63. The molecule has 0 unspecified atom stereocenters. The third kappa shape index (κ3) is 6.44. The van der Waals surface area contributed by atoms with Gasteiger partial charge in [-0.15, -0.1) is 0 Å². The Balaban J connectivity index is 1.07. The average molecular weight is 855 g/mol. The molecule has 12 aromatic rings. The molecule has 2 heterocycles. The van der Waals surface area contributed by atoms with Crippen LogP contribution in [0.2, 0.25) is 0 Å². The van der Waals surface area contributed by atoms with Crippen molar-refractivity contribution in [1.29, 1.82) is 0 Å². The van der Waals surface area contributed by atoms with Crippen LogP contribution in [0.3, 0.4) is 0 Å². The summed E-state index contributed by atoms with van der Waals surface area (Å²) in [5, 5.41) is 9.70. The highest BCUT2D eigenvalue weighted by Crippen LogP contribution is 2.50. The van der Waals surface area contributed by atoms with Crippen LogP contribution in [0.4, 0.5) is 0 Å². The first-order valence-corrected chi connectivity index (χ1v) is 22.9. The lowest BCUT2D eigenvalue weighted by molar-refractivity contribution is 0.660. The second-order valence-electron chi connectivity index (χ2n) is 18.2. The molecule has 0 saturated heterocycles. The third-order valence-electron chi connectivity index (χ3n) is 14.0. The van der Waals surface area contributed by atoms with Crippen molar-refractivity contribution in [1.82, 2.24) is 19.9 Å². The van der Waals surface area contributed by atoms with Crippen LogP contribution in [0.25, 0.3) is 122 Å². The van der Waals surface area contributed by atoms with E-state index in [4.69, 9.17) is 15.0 Å². The van der Waals surface area contributed by atoms with Crippen molar-refractivity contribution in [3.63, 3.8) is 0 Å². The minimum Gasteiger partial charge on any atom is -0.264 e. The molecule has 0 amide bonds. The van der Waals surface area contributed by atoms with Crippen LogP contribution in [0.15, 0.2) is 219 Å². The maximum absolute atomic E-state index is 5.45. The van der Waals surface area contributed by atoms with Gasteiger partial charge in [0, 0.05) is 34.5 Å². The highest BCUT2D eigenvalue weighted by Gasteiger charge is 2.35. The summed E-state index contributed by atoms with van der Waals surface area (Å²) in [5.74, 6) is 1.85. The second kappa shape index (κ2) is 15.3. The summed E-state index contributed by atoms with van der Waals surface area (Å²) in [6.07, 6.45) is 3.69. The fourth-order valence-electron chi connectivity index (χ4n) is 10.6. The van der Waals surface area contributed by atoms with Gasteiger partial charge in [-0.05, 0) is 141 Å². The Bertz CT molecular complexity index is 3810. The van der Waals surface area contributed by atoms with E-state index in [1.54, 1.807) is 6.20 Å². The van der Waals surface area contributed by atoms with Crippen molar-refractivity contribution in [3.8, 4) is 78.7 Å². The van der Waals surface area contributed by atoms with Gasteiger partial charge in [0.05, 0.1) is 0 Å². The molecule has 0 bridgehead atoms.